The first-order valence-electron chi connectivity index (χ1n) is 7.52. The van der Waals surface area contributed by atoms with Crippen LogP contribution >= 0.6 is 0 Å². The second kappa shape index (κ2) is 7.18. The maximum atomic E-state index is 13.8. The average molecular weight is 312 g/mol. The predicted octanol–water partition coefficient (Wildman–Crippen LogP) is 3.83. The Balaban J connectivity index is 2.06. The summed E-state index contributed by atoms with van der Waals surface area (Å²) in [6, 6.07) is 10.8. The summed E-state index contributed by atoms with van der Waals surface area (Å²) in [7, 11) is 0. The Morgan fingerprint density at radius 3 is 2.43 bits per heavy atom. The van der Waals surface area contributed by atoms with Gasteiger partial charge in [-0.05, 0) is 51.0 Å². The molecule has 0 radical (unpaired) electrons. The van der Waals surface area contributed by atoms with Crippen LogP contribution in [-0.4, -0.2) is 11.6 Å². The Bertz CT molecular complexity index is 766. The second-order valence-corrected chi connectivity index (χ2v) is 5.82. The Hall–Kier alpha value is -2.49. The molecule has 0 heterocycles. The molecule has 0 aromatic heterocycles. The normalized spacial score (nSPS) is 11.4. The summed E-state index contributed by atoms with van der Waals surface area (Å²) < 4.78 is 13.8. The summed E-state index contributed by atoms with van der Waals surface area (Å²) in [6.07, 6.45) is 0.249. The van der Waals surface area contributed by atoms with E-state index in [2.05, 4.69) is 10.5 Å². The van der Waals surface area contributed by atoms with Crippen LogP contribution in [0, 0.1) is 26.6 Å². The van der Waals surface area contributed by atoms with Crippen LogP contribution in [0.2, 0.25) is 0 Å². The molecular weight excluding hydrogens is 291 g/mol. The number of hydrogen-bond acceptors (Lipinski definition) is 2. The lowest BCUT2D eigenvalue weighted by atomic mass is 10.0. The number of nitrogens with zero attached hydrogens (tertiary/aromatic N) is 1. The standard InChI is InChI=1S/C19H21FN2O/c1-12-5-7-16(14(3)9-12)11-19(23)22-21-15(4)17-10-13(2)6-8-18(17)20/h5-10H,11H2,1-4H3,(H,22,23)/b21-15+. The van der Waals surface area contributed by atoms with Crippen LogP contribution < -0.4 is 5.43 Å². The number of halogens is 1. The molecule has 1 amide bonds. The van der Waals surface area contributed by atoms with Gasteiger partial charge >= 0.3 is 0 Å². The molecule has 0 aliphatic carbocycles. The van der Waals surface area contributed by atoms with Crippen molar-refractivity contribution in [1.82, 2.24) is 5.43 Å². The maximum Gasteiger partial charge on any atom is 0.244 e. The fourth-order valence-electron chi connectivity index (χ4n) is 2.38. The lowest BCUT2D eigenvalue weighted by Crippen LogP contribution is -2.22. The van der Waals surface area contributed by atoms with Crippen molar-refractivity contribution in [3.8, 4) is 0 Å². The number of hydrazone groups is 1. The van der Waals surface area contributed by atoms with Crippen LogP contribution in [0.4, 0.5) is 4.39 Å². The number of carbonyl (C=O) groups excluding carboxylic acids is 1. The SMILES string of the molecule is C/C(=N\NC(=O)Cc1ccc(C)cc1C)c1cc(C)ccc1F. The quantitative estimate of drug-likeness (QED) is 0.676. The van der Waals surface area contributed by atoms with E-state index < -0.39 is 0 Å². The maximum absolute atomic E-state index is 13.8. The van der Waals surface area contributed by atoms with Gasteiger partial charge in [0.05, 0.1) is 12.1 Å². The third kappa shape index (κ3) is 4.49. The molecule has 0 bridgehead atoms. The fraction of sp³-hybridized carbons (Fsp3) is 0.263. The summed E-state index contributed by atoms with van der Waals surface area (Å²) >= 11 is 0. The molecule has 0 saturated heterocycles. The zero-order chi connectivity index (χ0) is 17.0. The number of amides is 1. The van der Waals surface area contributed by atoms with E-state index >= 15 is 0 Å². The first-order valence-corrected chi connectivity index (χ1v) is 7.52. The van der Waals surface area contributed by atoms with E-state index in [1.165, 1.54) is 6.07 Å². The Morgan fingerprint density at radius 1 is 1.09 bits per heavy atom. The zero-order valence-electron chi connectivity index (χ0n) is 13.9. The number of aryl methyl sites for hydroxylation is 3. The molecular formula is C19H21FN2O. The van der Waals surface area contributed by atoms with Gasteiger partial charge in [0.2, 0.25) is 5.91 Å². The average Bonchev–Trinajstić information content (AvgIpc) is 2.50. The van der Waals surface area contributed by atoms with Crippen molar-refractivity contribution in [2.75, 3.05) is 0 Å². The first-order chi connectivity index (χ1) is 10.9. The molecule has 23 heavy (non-hydrogen) atoms. The molecule has 4 heteroatoms. The number of benzene rings is 2. The molecule has 2 aromatic rings. The molecule has 0 unspecified atom stereocenters. The highest BCUT2D eigenvalue weighted by Gasteiger charge is 2.08. The summed E-state index contributed by atoms with van der Waals surface area (Å²) in [5, 5.41) is 4.02. The van der Waals surface area contributed by atoms with Gasteiger partial charge in [0.1, 0.15) is 5.82 Å². The van der Waals surface area contributed by atoms with Gasteiger partial charge in [0.15, 0.2) is 0 Å². The van der Waals surface area contributed by atoms with Crippen molar-refractivity contribution in [2.24, 2.45) is 5.10 Å². The predicted molar refractivity (Wildman–Crippen MR) is 91.1 cm³/mol. The van der Waals surface area contributed by atoms with E-state index in [0.717, 1.165) is 22.3 Å². The molecule has 2 rings (SSSR count). The molecule has 120 valence electrons. The minimum Gasteiger partial charge on any atom is -0.273 e. The van der Waals surface area contributed by atoms with E-state index in [1.807, 2.05) is 39.0 Å². The molecule has 0 atom stereocenters. The van der Waals surface area contributed by atoms with Crippen molar-refractivity contribution >= 4 is 11.6 Å². The zero-order valence-corrected chi connectivity index (χ0v) is 13.9. The highest BCUT2D eigenvalue weighted by atomic mass is 19.1. The van der Waals surface area contributed by atoms with Gasteiger partial charge in [-0.15, -0.1) is 0 Å². The minimum absolute atomic E-state index is 0.218. The third-order valence-electron chi connectivity index (χ3n) is 3.71. The van der Waals surface area contributed by atoms with Crippen molar-refractivity contribution in [1.29, 1.82) is 0 Å². The highest BCUT2D eigenvalue weighted by Crippen LogP contribution is 2.12. The van der Waals surface area contributed by atoms with Gasteiger partial charge in [-0.25, -0.2) is 9.82 Å². The largest absolute Gasteiger partial charge is 0.273 e. The van der Waals surface area contributed by atoms with Gasteiger partial charge in [-0.2, -0.15) is 5.10 Å². The Labute approximate surface area is 136 Å². The molecule has 1 N–H and O–H groups in total. The van der Waals surface area contributed by atoms with Crippen LogP contribution in [0.5, 0.6) is 0 Å². The summed E-state index contributed by atoms with van der Waals surface area (Å²) in [4.78, 5) is 12.0. The highest BCUT2D eigenvalue weighted by molar-refractivity contribution is 5.99. The van der Waals surface area contributed by atoms with Crippen LogP contribution in [0.25, 0.3) is 0 Å². The van der Waals surface area contributed by atoms with Crippen LogP contribution in [-0.2, 0) is 11.2 Å². The van der Waals surface area contributed by atoms with Crippen LogP contribution in [0.15, 0.2) is 41.5 Å². The molecule has 0 fully saturated rings. The van der Waals surface area contributed by atoms with E-state index in [-0.39, 0.29) is 18.1 Å². The topological polar surface area (TPSA) is 41.5 Å². The van der Waals surface area contributed by atoms with E-state index in [4.69, 9.17) is 0 Å². The third-order valence-corrected chi connectivity index (χ3v) is 3.71. The van der Waals surface area contributed by atoms with Gasteiger partial charge in [-0.1, -0.05) is 35.4 Å². The first kappa shape index (κ1) is 16.9. The van der Waals surface area contributed by atoms with E-state index in [9.17, 15) is 9.18 Å². The van der Waals surface area contributed by atoms with Gasteiger partial charge in [-0.3, -0.25) is 4.79 Å². The molecule has 2 aromatic carbocycles. The number of rotatable bonds is 4. The number of carbonyl (C=O) groups is 1. The van der Waals surface area contributed by atoms with Crippen molar-refractivity contribution in [3.63, 3.8) is 0 Å². The monoisotopic (exact) mass is 312 g/mol. The molecule has 0 aliphatic heterocycles. The number of hydrogen-bond donors (Lipinski definition) is 1. The lowest BCUT2D eigenvalue weighted by molar-refractivity contribution is -0.120. The second-order valence-electron chi connectivity index (χ2n) is 5.82. The lowest BCUT2D eigenvalue weighted by Gasteiger charge is -2.07. The van der Waals surface area contributed by atoms with Gasteiger partial charge in [0.25, 0.3) is 0 Å². The smallest absolute Gasteiger partial charge is 0.244 e. The van der Waals surface area contributed by atoms with E-state index in [0.29, 0.717) is 11.3 Å². The minimum atomic E-state index is -0.347. The van der Waals surface area contributed by atoms with Gasteiger partial charge < -0.3 is 0 Å². The van der Waals surface area contributed by atoms with Crippen molar-refractivity contribution in [2.45, 2.75) is 34.1 Å². The number of nitrogens with one attached hydrogen (secondary N) is 1. The van der Waals surface area contributed by atoms with Crippen molar-refractivity contribution < 1.29 is 9.18 Å². The molecule has 0 aliphatic rings. The van der Waals surface area contributed by atoms with E-state index in [1.54, 1.807) is 19.1 Å². The summed E-state index contributed by atoms with van der Waals surface area (Å²) in [6.45, 7) is 7.55. The van der Waals surface area contributed by atoms with Crippen LogP contribution in [0.3, 0.4) is 0 Å². The van der Waals surface area contributed by atoms with Crippen molar-refractivity contribution in [3.05, 3.63) is 70.0 Å². The fourth-order valence-corrected chi connectivity index (χ4v) is 2.38. The molecule has 0 spiro atoms. The Morgan fingerprint density at radius 2 is 1.74 bits per heavy atom. The van der Waals surface area contributed by atoms with Gasteiger partial charge in [0, 0.05) is 5.56 Å². The summed E-state index contributed by atoms with van der Waals surface area (Å²) in [5.74, 6) is -0.565. The molecule has 3 nitrogen and oxygen atoms in total. The molecule has 0 saturated carbocycles. The van der Waals surface area contributed by atoms with Crippen LogP contribution in [0.1, 0.15) is 34.7 Å². The summed E-state index contributed by atoms with van der Waals surface area (Å²) in [5.41, 5.74) is 7.48. The Kier molecular flexibility index (Phi) is 5.27.